The maximum Gasteiger partial charge on any atom is 0.225 e. The molecule has 0 bridgehead atoms. The van der Waals surface area contributed by atoms with Crippen LogP contribution in [0.2, 0.25) is 0 Å². The summed E-state index contributed by atoms with van der Waals surface area (Å²) in [5.74, 6) is 0.357. The van der Waals surface area contributed by atoms with E-state index in [9.17, 15) is 4.79 Å². The molecule has 2 aliphatic heterocycles. The van der Waals surface area contributed by atoms with Gasteiger partial charge < -0.3 is 14.4 Å². The number of rotatable bonds is 5. The maximum absolute atomic E-state index is 12.7. The fourth-order valence-corrected chi connectivity index (χ4v) is 4.17. The number of carbonyl (C=O) groups is 1. The lowest BCUT2D eigenvalue weighted by Gasteiger charge is -2.45. The van der Waals surface area contributed by atoms with Crippen LogP contribution in [-0.2, 0) is 20.9 Å². The van der Waals surface area contributed by atoms with Crippen molar-refractivity contribution in [1.82, 2.24) is 4.90 Å². The number of carbonyl (C=O) groups excluding carboxylic acids is 1. The molecule has 2 saturated heterocycles. The smallest absolute Gasteiger partial charge is 0.225 e. The second kappa shape index (κ2) is 7.22. The van der Waals surface area contributed by atoms with Crippen molar-refractivity contribution >= 4 is 5.91 Å². The standard InChI is InChI=1S/C22H25NO3/c1-22-19(15-25-14-17-8-4-2-5-9-17)12-13-21(24)23(22)20(16-26-22)18-10-6-3-7-11-18/h2-11,19-20H,12-16H2,1H3/t19-,20+,22+/m1/s1. The zero-order valence-electron chi connectivity index (χ0n) is 15.1. The van der Waals surface area contributed by atoms with Crippen LogP contribution in [0.25, 0.3) is 0 Å². The Kier molecular flexibility index (Phi) is 4.79. The summed E-state index contributed by atoms with van der Waals surface area (Å²) in [6, 6.07) is 20.3. The molecule has 26 heavy (non-hydrogen) atoms. The minimum atomic E-state index is -0.591. The molecule has 136 valence electrons. The highest BCUT2D eigenvalue weighted by Gasteiger charge is 2.54. The number of piperidine rings is 1. The fourth-order valence-electron chi connectivity index (χ4n) is 4.17. The third kappa shape index (κ3) is 3.15. The van der Waals surface area contributed by atoms with Gasteiger partial charge in [-0.05, 0) is 24.5 Å². The molecule has 0 aromatic heterocycles. The third-order valence-electron chi connectivity index (χ3n) is 5.67. The largest absolute Gasteiger partial charge is 0.376 e. The van der Waals surface area contributed by atoms with E-state index in [1.54, 1.807) is 0 Å². The van der Waals surface area contributed by atoms with Crippen LogP contribution in [0.15, 0.2) is 60.7 Å². The normalized spacial score (nSPS) is 28.2. The third-order valence-corrected chi connectivity index (χ3v) is 5.67. The Morgan fingerprint density at radius 2 is 1.81 bits per heavy atom. The van der Waals surface area contributed by atoms with Crippen molar-refractivity contribution in [3.8, 4) is 0 Å². The summed E-state index contributed by atoms with van der Waals surface area (Å²) in [5.41, 5.74) is 1.71. The molecule has 2 aromatic rings. The summed E-state index contributed by atoms with van der Waals surface area (Å²) in [4.78, 5) is 14.7. The van der Waals surface area contributed by atoms with Gasteiger partial charge in [0, 0.05) is 12.3 Å². The molecule has 4 rings (SSSR count). The van der Waals surface area contributed by atoms with E-state index in [0.717, 1.165) is 17.5 Å². The van der Waals surface area contributed by atoms with Crippen LogP contribution >= 0.6 is 0 Å². The Morgan fingerprint density at radius 3 is 2.54 bits per heavy atom. The average Bonchev–Trinajstić information content (AvgIpc) is 3.05. The first-order valence-electron chi connectivity index (χ1n) is 9.31. The second-order valence-corrected chi connectivity index (χ2v) is 7.29. The van der Waals surface area contributed by atoms with Gasteiger partial charge in [-0.3, -0.25) is 4.79 Å². The number of hydrogen-bond donors (Lipinski definition) is 0. The van der Waals surface area contributed by atoms with Gasteiger partial charge in [0.1, 0.15) is 5.72 Å². The fraction of sp³-hybridized carbons (Fsp3) is 0.409. The minimum absolute atomic E-state index is 0.00868. The zero-order chi connectivity index (χ0) is 18.0. The molecule has 2 fully saturated rings. The summed E-state index contributed by atoms with van der Waals surface area (Å²) in [6.45, 7) is 3.77. The number of hydrogen-bond acceptors (Lipinski definition) is 3. The quantitative estimate of drug-likeness (QED) is 0.819. The first-order chi connectivity index (χ1) is 12.7. The highest BCUT2D eigenvalue weighted by molar-refractivity contribution is 5.78. The molecule has 4 nitrogen and oxygen atoms in total. The first-order valence-corrected chi connectivity index (χ1v) is 9.31. The maximum atomic E-state index is 12.7. The Morgan fingerprint density at radius 1 is 1.12 bits per heavy atom. The van der Waals surface area contributed by atoms with Crippen molar-refractivity contribution in [2.24, 2.45) is 5.92 Å². The Bertz CT molecular complexity index is 748. The lowest BCUT2D eigenvalue weighted by Crippen LogP contribution is -2.56. The van der Waals surface area contributed by atoms with Gasteiger partial charge in [0.25, 0.3) is 0 Å². The summed E-state index contributed by atoms with van der Waals surface area (Å²) in [5, 5.41) is 0. The van der Waals surface area contributed by atoms with E-state index >= 15 is 0 Å². The lowest BCUT2D eigenvalue weighted by atomic mass is 9.86. The molecule has 0 unspecified atom stereocenters. The van der Waals surface area contributed by atoms with E-state index in [0.29, 0.717) is 26.2 Å². The van der Waals surface area contributed by atoms with Gasteiger partial charge in [-0.2, -0.15) is 0 Å². The SMILES string of the molecule is C[C@@]12OC[C@@H](c3ccccc3)N1C(=O)CC[C@@H]2COCc1ccccc1. The van der Waals surface area contributed by atoms with E-state index in [1.165, 1.54) is 0 Å². The van der Waals surface area contributed by atoms with E-state index in [2.05, 4.69) is 24.3 Å². The Labute approximate surface area is 154 Å². The Hall–Kier alpha value is -2.17. The number of ether oxygens (including phenoxy) is 2. The van der Waals surface area contributed by atoms with Crippen molar-refractivity contribution in [1.29, 1.82) is 0 Å². The van der Waals surface area contributed by atoms with Crippen LogP contribution in [0.5, 0.6) is 0 Å². The van der Waals surface area contributed by atoms with Gasteiger partial charge in [0.15, 0.2) is 0 Å². The summed E-state index contributed by atoms with van der Waals surface area (Å²) in [6.07, 6.45) is 1.36. The summed E-state index contributed by atoms with van der Waals surface area (Å²) >= 11 is 0. The van der Waals surface area contributed by atoms with E-state index in [1.807, 2.05) is 48.2 Å². The van der Waals surface area contributed by atoms with Gasteiger partial charge in [0.05, 0.1) is 25.9 Å². The molecule has 0 radical (unpaired) electrons. The van der Waals surface area contributed by atoms with Crippen LogP contribution in [0.1, 0.15) is 36.9 Å². The second-order valence-electron chi connectivity index (χ2n) is 7.29. The van der Waals surface area contributed by atoms with E-state index < -0.39 is 5.72 Å². The van der Waals surface area contributed by atoms with Crippen LogP contribution in [0.3, 0.4) is 0 Å². The molecule has 0 N–H and O–H groups in total. The molecule has 2 heterocycles. The topological polar surface area (TPSA) is 38.8 Å². The molecule has 2 aromatic carbocycles. The highest BCUT2D eigenvalue weighted by Crippen LogP contribution is 2.46. The van der Waals surface area contributed by atoms with Gasteiger partial charge in [-0.25, -0.2) is 0 Å². The van der Waals surface area contributed by atoms with Crippen molar-refractivity contribution in [2.75, 3.05) is 13.2 Å². The summed E-state index contributed by atoms with van der Waals surface area (Å²) in [7, 11) is 0. The van der Waals surface area contributed by atoms with Crippen LogP contribution in [-0.4, -0.2) is 29.7 Å². The predicted molar refractivity (Wildman–Crippen MR) is 99.2 cm³/mol. The molecule has 1 amide bonds. The van der Waals surface area contributed by atoms with Crippen molar-refractivity contribution in [2.45, 2.75) is 38.1 Å². The molecule has 2 aliphatic rings. The predicted octanol–water partition coefficient (Wildman–Crippen LogP) is 3.93. The van der Waals surface area contributed by atoms with Crippen LogP contribution in [0, 0.1) is 5.92 Å². The molecule has 0 spiro atoms. The lowest BCUT2D eigenvalue weighted by molar-refractivity contribution is -0.177. The molecule has 0 aliphatic carbocycles. The molecule has 4 heteroatoms. The number of amides is 1. The van der Waals surface area contributed by atoms with Crippen molar-refractivity contribution in [3.63, 3.8) is 0 Å². The van der Waals surface area contributed by atoms with Crippen molar-refractivity contribution < 1.29 is 14.3 Å². The van der Waals surface area contributed by atoms with Crippen LogP contribution < -0.4 is 0 Å². The van der Waals surface area contributed by atoms with Gasteiger partial charge in [-0.15, -0.1) is 0 Å². The first kappa shape index (κ1) is 17.3. The minimum Gasteiger partial charge on any atom is -0.376 e. The molecule has 3 atom stereocenters. The Balaban J connectivity index is 1.47. The monoisotopic (exact) mass is 351 g/mol. The molecule has 0 saturated carbocycles. The number of nitrogens with zero attached hydrogens (tertiary/aromatic N) is 1. The molecular formula is C22H25NO3. The van der Waals surface area contributed by atoms with E-state index in [4.69, 9.17) is 9.47 Å². The van der Waals surface area contributed by atoms with Gasteiger partial charge in [0.2, 0.25) is 5.91 Å². The summed E-state index contributed by atoms with van der Waals surface area (Å²) < 4.78 is 12.2. The average molecular weight is 351 g/mol. The van der Waals surface area contributed by atoms with Crippen LogP contribution in [0.4, 0.5) is 0 Å². The zero-order valence-corrected chi connectivity index (χ0v) is 15.1. The number of benzene rings is 2. The number of fused-ring (bicyclic) bond motifs is 1. The van der Waals surface area contributed by atoms with E-state index in [-0.39, 0.29) is 17.9 Å². The molecular weight excluding hydrogens is 326 g/mol. The van der Waals surface area contributed by atoms with Gasteiger partial charge in [-0.1, -0.05) is 60.7 Å². The highest BCUT2D eigenvalue weighted by atomic mass is 16.5. The van der Waals surface area contributed by atoms with Gasteiger partial charge >= 0.3 is 0 Å². The van der Waals surface area contributed by atoms with Crippen molar-refractivity contribution in [3.05, 3.63) is 71.8 Å².